The molecule has 1 aromatic rings. The zero-order chi connectivity index (χ0) is 12.3. The lowest BCUT2D eigenvalue weighted by Crippen LogP contribution is -2.48. The van der Waals surface area contributed by atoms with Crippen LogP contribution in [-0.2, 0) is 4.79 Å². The number of hydrogen-bond acceptors (Lipinski definition) is 2. The highest BCUT2D eigenvalue weighted by molar-refractivity contribution is 5.80. The largest absolute Gasteiger partial charge is 0.368 e. The monoisotopic (exact) mass is 232 g/mol. The fourth-order valence-electron chi connectivity index (χ4n) is 2.65. The highest BCUT2D eigenvalue weighted by atomic mass is 16.1. The first-order valence-electron chi connectivity index (χ1n) is 6.30. The Morgan fingerprint density at radius 2 is 2.06 bits per heavy atom. The van der Waals surface area contributed by atoms with Crippen LogP contribution in [0.3, 0.4) is 0 Å². The van der Waals surface area contributed by atoms with Gasteiger partial charge < -0.3 is 5.73 Å². The average Bonchev–Trinajstić information content (AvgIpc) is 2.39. The molecule has 0 aromatic heterocycles. The third kappa shape index (κ3) is 2.67. The van der Waals surface area contributed by atoms with Gasteiger partial charge in [-0.15, -0.1) is 0 Å². The standard InChI is InChI=1S/C14H20N2O/c1-11(12-7-3-2-4-8-12)16-10-6-5-9-13(16)14(15)17/h2-4,7-8,11,13H,5-6,9-10H2,1H3,(H2,15,17)/t11-,13-/m1/s1. The smallest absolute Gasteiger partial charge is 0.234 e. The summed E-state index contributed by atoms with van der Waals surface area (Å²) in [5.74, 6) is -0.188. The van der Waals surface area contributed by atoms with Gasteiger partial charge in [-0.3, -0.25) is 9.69 Å². The minimum Gasteiger partial charge on any atom is -0.368 e. The van der Waals surface area contributed by atoms with E-state index in [9.17, 15) is 4.79 Å². The number of likely N-dealkylation sites (tertiary alicyclic amines) is 1. The molecule has 3 heteroatoms. The average molecular weight is 232 g/mol. The van der Waals surface area contributed by atoms with Gasteiger partial charge in [0.05, 0.1) is 6.04 Å². The summed E-state index contributed by atoms with van der Waals surface area (Å²) in [6, 6.07) is 10.5. The van der Waals surface area contributed by atoms with E-state index in [2.05, 4.69) is 24.0 Å². The van der Waals surface area contributed by atoms with Crippen molar-refractivity contribution >= 4 is 5.91 Å². The number of primary amides is 1. The van der Waals surface area contributed by atoms with E-state index >= 15 is 0 Å². The Kier molecular flexibility index (Phi) is 3.79. The molecule has 1 amide bonds. The third-order valence-corrected chi connectivity index (χ3v) is 3.65. The van der Waals surface area contributed by atoms with Crippen LogP contribution in [0.4, 0.5) is 0 Å². The van der Waals surface area contributed by atoms with E-state index in [-0.39, 0.29) is 18.0 Å². The van der Waals surface area contributed by atoms with Gasteiger partial charge in [0.25, 0.3) is 0 Å². The summed E-state index contributed by atoms with van der Waals surface area (Å²) in [7, 11) is 0. The molecule has 92 valence electrons. The first-order valence-corrected chi connectivity index (χ1v) is 6.30. The molecule has 1 aliphatic heterocycles. The van der Waals surface area contributed by atoms with Crippen molar-refractivity contribution in [2.45, 2.75) is 38.3 Å². The molecule has 1 saturated heterocycles. The first kappa shape index (κ1) is 12.1. The Balaban J connectivity index is 2.16. The number of nitrogens with two attached hydrogens (primary N) is 1. The maximum Gasteiger partial charge on any atom is 0.234 e. The molecule has 0 bridgehead atoms. The van der Waals surface area contributed by atoms with Crippen LogP contribution in [0, 0.1) is 0 Å². The Labute approximate surface area is 103 Å². The van der Waals surface area contributed by atoms with Gasteiger partial charge in [0.2, 0.25) is 5.91 Å². The zero-order valence-electron chi connectivity index (χ0n) is 10.3. The van der Waals surface area contributed by atoms with Crippen molar-refractivity contribution in [3.8, 4) is 0 Å². The molecule has 2 rings (SSSR count). The molecule has 0 saturated carbocycles. The lowest BCUT2D eigenvalue weighted by molar-refractivity contribution is -0.125. The zero-order valence-corrected chi connectivity index (χ0v) is 10.3. The minimum absolute atomic E-state index is 0.0982. The van der Waals surface area contributed by atoms with Crippen molar-refractivity contribution in [1.82, 2.24) is 4.90 Å². The molecular weight excluding hydrogens is 212 g/mol. The molecule has 0 unspecified atom stereocenters. The van der Waals surface area contributed by atoms with Crippen molar-refractivity contribution < 1.29 is 4.79 Å². The number of nitrogens with zero attached hydrogens (tertiary/aromatic N) is 1. The molecule has 1 fully saturated rings. The second-order valence-electron chi connectivity index (χ2n) is 4.74. The number of benzene rings is 1. The first-order chi connectivity index (χ1) is 8.20. The molecule has 0 radical (unpaired) electrons. The molecule has 17 heavy (non-hydrogen) atoms. The molecule has 0 aliphatic carbocycles. The Morgan fingerprint density at radius 3 is 2.71 bits per heavy atom. The van der Waals surface area contributed by atoms with Crippen molar-refractivity contribution in [1.29, 1.82) is 0 Å². The molecule has 0 spiro atoms. The normalized spacial score (nSPS) is 23.2. The fraction of sp³-hybridized carbons (Fsp3) is 0.500. The molecule has 3 nitrogen and oxygen atoms in total. The lowest BCUT2D eigenvalue weighted by Gasteiger charge is -2.38. The van der Waals surface area contributed by atoms with Crippen LogP contribution >= 0.6 is 0 Å². The van der Waals surface area contributed by atoms with Crippen molar-refractivity contribution in [3.05, 3.63) is 35.9 Å². The summed E-state index contributed by atoms with van der Waals surface area (Å²) in [5.41, 5.74) is 6.74. The molecule has 2 N–H and O–H groups in total. The molecular formula is C14H20N2O. The summed E-state index contributed by atoms with van der Waals surface area (Å²) < 4.78 is 0. The molecule has 1 heterocycles. The maximum atomic E-state index is 11.5. The van der Waals surface area contributed by atoms with Crippen molar-refractivity contribution in [3.63, 3.8) is 0 Å². The molecule has 1 aliphatic rings. The Hall–Kier alpha value is -1.35. The predicted molar refractivity (Wildman–Crippen MR) is 68.4 cm³/mol. The number of amides is 1. The van der Waals surface area contributed by atoms with Gasteiger partial charge in [-0.1, -0.05) is 36.8 Å². The summed E-state index contributed by atoms with van der Waals surface area (Å²) in [6.07, 6.45) is 3.15. The van der Waals surface area contributed by atoms with E-state index in [1.807, 2.05) is 18.2 Å². The van der Waals surface area contributed by atoms with Gasteiger partial charge in [0, 0.05) is 6.04 Å². The Bertz CT molecular complexity index is 377. The van der Waals surface area contributed by atoms with E-state index in [1.54, 1.807) is 0 Å². The second kappa shape index (κ2) is 5.32. The summed E-state index contributed by atoms with van der Waals surface area (Å²) in [5, 5.41) is 0. The van der Waals surface area contributed by atoms with E-state index in [0.29, 0.717) is 0 Å². The lowest BCUT2D eigenvalue weighted by atomic mass is 9.97. The van der Waals surface area contributed by atoms with Gasteiger partial charge in [0.15, 0.2) is 0 Å². The van der Waals surface area contributed by atoms with Crippen LogP contribution in [0.15, 0.2) is 30.3 Å². The quantitative estimate of drug-likeness (QED) is 0.867. The van der Waals surface area contributed by atoms with Crippen LogP contribution in [0.1, 0.15) is 37.8 Å². The highest BCUT2D eigenvalue weighted by Gasteiger charge is 2.30. The number of piperidine rings is 1. The minimum atomic E-state index is -0.188. The van der Waals surface area contributed by atoms with E-state index in [1.165, 1.54) is 5.56 Å². The van der Waals surface area contributed by atoms with E-state index in [0.717, 1.165) is 25.8 Å². The van der Waals surface area contributed by atoms with Crippen LogP contribution in [0.5, 0.6) is 0 Å². The van der Waals surface area contributed by atoms with Crippen LogP contribution < -0.4 is 5.73 Å². The van der Waals surface area contributed by atoms with E-state index in [4.69, 9.17) is 5.73 Å². The van der Waals surface area contributed by atoms with Crippen molar-refractivity contribution in [2.24, 2.45) is 5.73 Å². The van der Waals surface area contributed by atoms with Gasteiger partial charge in [-0.05, 0) is 31.9 Å². The van der Waals surface area contributed by atoms with Crippen LogP contribution in [0.2, 0.25) is 0 Å². The topological polar surface area (TPSA) is 46.3 Å². The number of carbonyl (C=O) groups is 1. The third-order valence-electron chi connectivity index (χ3n) is 3.65. The van der Waals surface area contributed by atoms with Crippen molar-refractivity contribution in [2.75, 3.05) is 6.54 Å². The van der Waals surface area contributed by atoms with Gasteiger partial charge in [-0.2, -0.15) is 0 Å². The Morgan fingerprint density at radius 1 is 1.35 bits per heavy atom. The number of hydrogen-bond donors (Lipinski definition) is 1. The highest BCUT2D eigenvalue weighted by Crippen LogP contribution is 2.27. The van der Waals surface area contributed by atoms with E-state index < -0.39 is 0 Å². The second-order valence-corrected chi connectivity index (χ2v) is 4.74. The summed E-state index contributed by atoms with van der Waals surface area (Å²) >= 11 is 0. The predicted octanol–water partition coefficient (Wildman–Crippen LogP) is 2.09. The number of carbonyl (C=O) groups excluding carboxylic acids is 1. The fourth-order valence-corrected chi connectivity index (χ4v) is 2.65. The van der Waals surface area contributed by atoms with Gasteiger partial charge in [-0.25, -0.2) is 0 Å². The van der Waals surface area contributed by atoms with Gasteiger partial charge >= 0.3 is 0 Å². The van der Waals surface area contributed by atoms with Gasteiger partial charge in [0.1, 0.15) is 0 Å². The summed E-state index contributed by atoms with van der Waals surface area (Å²) in [4.78, 5) is 13.7. The van der Waals surface area contributed by atoms with Crippen LogP contribution in [-0.4, -0.2) is 23.4 Å². The maximum absolute atomic E-state index is 11.5. The van der Waals surface area contributed by atoms with Crippen LogP contribution in [0.25, 0.3) is 0 Å². The number of rotatable bonds is 3. The molecule has 1 aromatic carbocycles. The summed E-state index contributed by atoms with van der Waals surface area (Å²) in [6.45, 7) is 3.11. The molecule has 2 atom stereocenters. The SMILES string of the molecule is C[C@H](c1ccccc1)N1CCCC[C@@H]1C(N)=O.